The maximum Gasteiger partial charge on any atom is 0.416 e. The molecule has 0 spiro atoms. The van der Waals surface area contributed by atoms with Crippen molar-refractivity contribution in [2.75, 3.05) is 0 Å². The van der Waals surface area contributed by atoms with Gasteiger partial charge in [-0.2, -0.15) is 17.9 Å². The molecule has 0 aliphatic rings. The Labute approximate surface area is 187 Å². The van der Waals surface area contributed by atoms with Crippen LogP contribution in [0.15, 0.2) is 54.7 Å². The molecule has 4 aromatic rings. The fourth-order valence-corrected chi connectivity index (χ4v) is 3.18. The molecule has 0 unspecified atom stereocenters. The molecular weight excluding hydrogens is 441 g/mol. The summed E-state index contributed by atoms with van der Waals surface area (Å²) < 4.78 is 40.6. The normalized spacial score (nSPS) is 12.2. The van der Waals surface area contributed by atoms with E-state index in [-0.39, 0.29) is 5.41 Å². The van der Waals surface area contributed by atoms with Crippen molar-refractivity contribution >= 4 is 11.6 Å². The van der Waals surface area contributed by atoms with E-state index in [0.29, 0.717) is 39.2 Å². The zero-order chi connectivity index (χ0) is 23.1. The van der Waals surface area contributed by atoms with Crippen LogP contribution in [-0.2, 0) is 11.6 Å². The monoisotopic (exact) mass is 458 g/mol. The molecular formula is C22H18ClF3N6. The van der Waals surface area contributed by atoms with E-state index < -0.39 is 11.7 Å². The third kappa shape index (κ3) is 4.34. The highest BCUT2D eigenvalue weighted by atomic mass is 35.5. The Morgan fingerprint density at radius 1 is 0.906 bits per heavy atom. The number of alkyl halides is 3. The molecule has 6 nitrogen and oxygen atoms in total. The van der Waals surface area contributed by atoms with Gasteiger partial charge in [0.2, 0.25) is 0 Å². The summed E-state index contributed by atoms with van der Waals surface area (Å²) in [5.74, 6) is 0.893. The van der Waals surface area contributed by atoms with Crippen LogP contribution in [0.3, 0.4) is 0 Å². The van der Waals surface area contributed by atoms with E-state index in [1.54, 1.807) is 30.5 Å². The predicted molar refractivity (Wildman–Crippen MR) is 114 cm³/mol. The average Bonchev–Trinajstić information content (AvgIpc) is 3.22. The molecule has 32 heavy (non-hydrogen) atoms. The minimum absolute atomic E-state index is 0.350. The summed E-state index contributed by atoms with van der Waals surface area (Å²) in [6, 6.07) is 11.8. The third-order valence-corrected chi connectivity index (χ3v) is 4.98. The first-order valence-electron chi connectivity index (χ1n) is 9.64. The highest BCUT2D eigenvalue weighted by Gasteiger charge is 2.30. The van der Waals surface area contributed by atoms with Gasteiger partial charge in [0.05, 0.1) is 22.5 Å². The number of aromatic nitrogens is 6. The highest BCUT2D eigenvalue weighted by molar-refractivity contribution is 6.30. The minimum Gasteiger partial charge on any atom is -0.240 e. The Bertz CT molecular complexity index is 1240. The first-order chi connectivity index (χ1) is 15.0. The fraction of sp³-hybridized carbons (Fsp3) is 0.227. The van der Waals surface area contributed by atoms with E-state index in [9.17, 15) is 13.2 Å². The fourth-order valence-electron chi connectivity index (χ4n) is 3.06. The molecule has 0 radical (unpaired) electrons. The number of nitrogens with zero attached hydrogens (tertiary/aromatic N) is 6. The van der Waals surface area contributed by atoms with Gasteiger partial charge in [0, 0.05) is 22.2 Å². The molecule has 2 aromatic carbocycles. The summed E-state index contributed by atoms with van der Waals surface area (Å²) >= 11 is 5.98. The Hall–Kier alpha value is -3.33. The summed E-state index contributed by atoms with van der Waals surface area (Å²) in [7, 11) is 0. The van der Waals surface area contributed by atoms with Crippen molar-refractivity contribution in [3.63, 3.8) is 0 Å². The van der Waals surface area contributed by atoms with Crippen LogP contribution in [0, 0.1) is 0 Å². The Morgan fingerprint density at radius 2 is 1.56 bits per heavy atom. The van der Waals surface area contributed by atoms with Crippen molar-refractivity contribution < 1.29 is 13.2 Å². The van der Waals surface area contributed by atoms with Crippen molar-refractivity contribution in [2.45, 2.75) is 32.4 Å². The first-order valence-corrected chi connectivity index (χ1v) is 10.0. The lowest BCUT2D eigenvalue weighted by atomic mass is 9.94. The van der Waals surface area contributed by atoms with Crippen molar-refractivity contribution in [3.8, 4) is 28.3 Å². The summed E-state index contributed by atoms with van der Waals surface area (Å²) in [5, 5.41) is 12.5. The molecule has 0 atom stereocenters. The molecule has 0 amide bonds. The zero-order valence-corrected chi connectivity index (χ0v) is 18.1. The molecule has 10 heteroatoms. The molecule has 0 saturated carbocycles. The van der Waals surface area contributed by atoms with Gasteiger partial charge in [0.15, 0.2) is 5.82 Å². The van der Waals surface area contributed by atoms with E-state index >= 15 is 0 Å². The van der Waals surface area contributed by atoms with E-state index in [2.05, 4.69) is 25.5 Å². The van der Waals surface area contributed by atoms with Gasteiger partial charge in [-0.05, 0) is 46.8 Å². The molecule has 0 saturated heterocycles. The van der Waals surface area contributed by atoms with Gasteiger partial charge in [0.1, 0.15) is 5.82 Å². The number of halogens is 4. The summed E-state index contributed by atoms with van der Waals surface area (Å²) in [6.07, 6.45) is -2.83. The number of rotatable bonds is 3. The van der Waals surface area contributed by atoms with Crippen LogP contribution in [-0.4, -0.2) is 30.2 Å². The molecule has 4 rings (SSSR count). The lowest BCUT2D eigenvalue weighted by Gasteiger charge is -2.19. The van der Waals surface area contributed by atoms with Crippen molar-refractivity contribution in [3.05, 3.63) is 71.1 Å². The van der Waals surface area contributed by atoms with Crippen LogP contribution in [0.1, 0.15) is 32.2 Å². The molecule has 0 bridgehead atoms. The molecule has 0 N–H and O–H groups in total. The molecule has 0 aliphatic heterocycles. The summed E-state index contributed by atoms with van der Waals surface area (Å²) in [5.41, 5.74) is 0.959. The van der Waals surface area contributed by atoms with Gasteiger partial charge in [-0.1, -0.05) is 44.5 Å². The van der Waals surface area contributed by atoms with E-state index in [0.717, 1.165) is 12.1 Å². The third-order valence-electron chi connectivity index (χ3n) is 4.73. The van der Waals surface area contributed by atoms with Crippen LogP contribution in [0.2, 0.25) is 5.02 Å². The first kappa shape index (κ1) is 21.9. The van der Waals surface area contributed by atoms with Gasteiger partial charge in [-0.25, -0.2) is 9.97 Å². The number of tetrazole rings is 1. The molecule has 2 heterocycles. The van der Waals surface area contributed by atoms with E-state index in [1.165, 1.54) is 16.8 Å². The zero-order valence-electron chi connectivity index (χ0n) is 17.4. The molecule has 0 aliphatic carbocycles. The molecule has 0 fully saturated rings. The SMILES string of the molecule is CC(C)(C)c1ncc(-c2nnnn2-c2ccc(Cl)cc2)c(-c2ccc(C(F)(F)F)cc2)n1. The van der Waals surface area contributed by atoms with Crippen LogP contribution in [0.4, 0.5) is 13.2 Å². The van der Waals surface area contributed by atoms with Crippen LogP contribution < -0.4 is 0 Å². The van der Waals surface area contributed by atoms with Gasteiger partial charge in [0.25, 0.3) is 0 Å². The maximum atomic E-state index is 13.0. The van der Waals surface area contributed by atoms with Gasteiger partial charge in [-0.3, -0.25) is 0 Å². The Kier molecular flexibility index (Phi) is 5.46. The maximum absolute atomic E-state index is 13.0. The van der Waals surface area contributed by atoms with Crippen LogP contribution in [0.25, 0.3) is 28.3 Å². The second-order valence-electron chi connectivity index (χ2n) is 8.17. The Morgan fingerprint density at radius 3 is 2.16 bits per heavy atom. The quantitative estimate of drug-likeness (QED) is 0.390. The van der Waals surface area contributed by atoms with Gasteiger partial charge < -0.3 is 0 Å². The molecule has 164 valence electrons. The minimum atomic E-state index is -4.43. The summed E-state index contributed by atoms with van der Waals surface area (Å²) in [4.78, 5) is 9.17. The van der Waals surface area contributed by atoms with Crippen molar-refractivity contribution in [1.82, 2.24) is 30.2 Å². The Balaban J connectivity index is 1.89. The van der Waals surface area contributed by atoms with Crippen LogP contribution in [0.5, 0.6) is 0 Å². The lowest BCUT2D eigenvalue weighted by Crippen LogP contribution is -2.17. The van der Waals surface area contributed by atoms with Gasteiger partial charge in [-0.15, -0.1) is 5.10 Å². The van der Waals surface area contributed by atoms with E-state index in [1.807, 2.05) is 20.8 Å². The highest BCUT2D eigenvalue weighted by Crippen LogP contribution is 2.34. The average molecular weight is 459 g/mol. The van der Waals surface area contributed by atoms with E-state index in [4.69, 9.17) is 11.6 Å². The largest absolute Gasteiger partial charge is 0.416 e. The standard InChI is InChI=1S/C22H18ClF3N6/c1-21(2,3)20-27-12-17(18(28-20)13-4-6-14(7-5-13)22(24,25)26)19-29-30-31-32(19)16-10-8-15(23)9-11-16/h4-12H,1-3H3. The van der Waals surface area contributed by atoms with Crippen molar-refractivity contribution in [2.24, 2.45) is 0 Å². The number of benzene rings is 2. The lowest BCUT2D eigenvalue weighted by molar-refractivity contribution is -0.137. The molecule has 2 aromatic heterocycles. The second-order valence-corrected chi connectivity index (χ2v) is 8.61. The topological polar surface area (TPSA) is 69.4 Å². The smallest absolute Gasteiger partial charge is 0.240 e. The number of hydrogen-bond donors (Lipinski definition) is 0. The predicted octanol–water partition coefficient (Wildman–Crippen LogP) is 5.76. The second kappa shape index (κ2) is 7.98. The van der Waals surface area contributed by atoms with Crippen LogP contribution >= 0.6 is 11.6 Å². The van der Waals surface area contributed by atoms with Gasteiger partial charge >= 0.3 is 6.18 Å². The van der Waals surface area contributed by atoms with Crippen molar-refractivity contribution in [1.29, 1.82) is 0 Å². The summed E-state index contributed by atoms with van der Waals surface area (Å²) in [6.45, 7) is 5.86. The number of hydrogen-bond acceptors (Lipinski definition) is 5.